The Labute approximate surface area is 201 Å². The lowest BCUT2D eigenvalue weighted by atomic mass is 9.87. The number of hydrogen-bond donors (Lipinski definition) is 2. The van der Waals surface area contributed by atoms with Gasteiger partial charge in [-0.05, 0) is 105 Å². The molecule has 4 rings (SSSR count). The first kappa shape index (κ1) is 24.0. The van der Waals surface area contributed by atoms with Crippen LogP contribution in [0.25, 0.3) is 0 Å². The summed E-state index contributed by atoms with van der Waals surface area (Å²) in [6.07, 6.45) is 4.82. The third-order valence-electron chi connectivity index (χ3n) is 6.45. The maximum Gasteiger partial charge on any atom is 0.224 e. The Morgan fingerprint density at radius 2 is 1.76 bits per heavy atom. The third-order valence-corrected chi connectivity index (χ3v) is 6.45. The molecule has 0 bridgehead atoms. The highest BCUT2D eigenvalue weighted by molar-refractivity contribution is 5.91. The van der Waals surface area contributed by atoms with Gasteiger partial charge < -0.3 is 15.4 Å². The number of piperidine rings is 1. The first-order valence-electron chi connectivity index (χ1n) is 12.2. The van der Waals surface area contributed by atoms with E-state index in [9.17, 15) is 9.18 Å². The molecular weight excluding hydrogens is 427 g/mol. The summed E-state index contributed by atoms with van der Waals surface area (Å²) >= 11 is 0. The van der Waals surface area contributed by atoms with Crippen LogP contribution in [0, 0.1) is 12.7 Å². The number of carbonyl (C=O) groups is 1. The monoisotopic (exact) mass is 460 g/mol. The molecule has 0 unspecified atom stereocenters. The number of benzene rings is 3. The van der Waals surface area contributed by atoms with Crippen LogP contribution in [0.4, 0.5) is 10.1 Å². The van der Waals surface area contributed by atoms with Crippen molar-refractivity contribution >= 4 is 11.6 Å². The molecule has 1 fully saturated rings. The number of carbonyl (C=O) groups excluding carboxylic acids is 1. The predicted octanol–water partition coefficient (Wildman–Crippen LogP) is 6.74. The minimum atomic E-state index is -0.365. The van der Waals surface area contributed by atoms with Crippen molar-refractivity contribution in [2.24, 2.45) is 0 Å². The molecule has 1 saturated heterocycles. The van der Waals surface area contributed by atoms with Crippen LogP contribution in [0.15, 0.2) is 66.7 Å². The van der Waals surface area contributed by atoms with Crippen LogP contribution in [0.1, 0.15) is 54.7 Å². The van der Waals surface area contributed by atoms with E-state index in [1.807, 2.05) is 61.5 Å². The zero-order valence-electron chi connectivity index (χ0n) is 19.8. The molecule has 34 heavy (non-hydrogen) atoms. The van der Waals surface area contributed by atoms with Gasteiger partial charge in [-0.3, -0.25) is 4.79 Å². The van der Waals surface area contributed by atoms with E-state index in [0.717, 1.165) is 73.4 Å². The lowest BCUT2D eigenvalue weighted by Gasteiger charge is -2.25. The highest BCUT2D eigenvalue weighted by atomic mass is 19.1. The van der Waals surface area contributed by atoms with Gasteiger partial charge in [0.25, 0.3) is 0 Å². The Balaban J connectivity index is 1.29. The van der Waals surface area contributed by atoms with Crippen molar-refractivity contribution in [1.29, 1.82) is 0 Å². The number of nitrogens with one attached hydrogen (secondary N) is 2. The summed E-state index contributed by atoms with van der Waals surface area (Å²) in [5, 5.41) is 6.17. The molecule has 0 aromatic heterocycles. The van der Waals surface area contributed by atoms with Gasteiger partial charge in [0.1, 0.15) is 17.3 Å². The Bertz CT molecular complexity index is 1090. The predicted molar refractivity (Wildman–Crippen MR) is 135 cm³/mol. The highest BCUT2D eigenvalue weighted by Crippen LogP contribution is 2.32. The van der Waals surface area contributed by atoms with Crippen molar-refractivity contribution in [3.05, 3.63) is 89.2 Å². The Kier molecular flexibility index (Phi) is 8.31. The number of amides is 1. The fraction of sp³-hybridized carbons (Fsp3) is 0.345. The molecule has 3 aromatic carbocycles. The molecule has 1 aliphatic heterocycles. The fourth-order valence-corrected chi connectivity index (χ4v) is 4.60. The minimum absolute atomic E-state index is 0.146. The van der Waals surface area contributed by atoms with Crippen molar-refractivity contribution in [3.8, 4) is 11.5 Å². The minimum Gasteiger partial charge on any atom is -0.457 e. The molecular formula is C29H33FN2O2. The molecule has 0 saturated carbocycles. The zero-order valence-corrected chi connectivity index (χ0v) is 19.8. The van der Waals surface area contributed by atoms with E-state index in [0.29, 0.717) is 18.0 Å². The Hall–Kier alpha value is -3.18. The average molecular weight is 461 g/mol. The van der Waals surface area contributed by atoms with Gasteiger partial charge in [0.2, 0.25) is 5.91 Å². The molecule has 0 atom stereocenters. The maximum atomic E-state index is 14.6. The van der Waals surface area contributed by atoms with Crippen LogP contribution in [-0.4, -0.2) is 19.0 Å². The van der Waals surface area contributed by atoms with E-state index in [-0.39, 0.29) is 11.7 Å². The number of unbranched alkanes of at least 4 members (excludes halogenated alkanes) is 1. The van der Waals surface area contributed by atoms with E-state index in [1.165, 1.54) is 0 Å². The number of anilines is 1. The highest BCUT2D eigenvalue weighted by Gasteiger charge is 2.19. The second-order valence-electron chi connectivity index (χ2n) is 8.99. The molecule has 1 amide bonds. The van der Waals surface area contributed by atoms with Crippen molar-refractivity contribution in [2.45, 2.75) is 51.4 Å². The average Bonchev–Trinajstić information content (AvgIpc) is 2.85. The normalized spacial score (nSPS) is 14.1. The number of halogens is 1. The van der Waals surface area contributed by atoms with Crippen molar-refractivity contribution < 1.29 is 13.9 Å². The lowest BCUT2D eigenvalue weighted by Crippen LogP contribution is -2.27. The van der Waals surface area contributed by atoms with E-state index in [4.69, 9.17) is 4.74 Å². The second kappa shape index (κ2) is 11.8. The van der Waals surface area contributed by atoms with Crippen molar-refractivity contribution in [2.75, 3.05) is 18.4 Å². The summed E-state index contributed by atoms with van der Waals surface area (Å²) in [4.78, 5) is 12.5. The van der Waals surface area contributed by atoms with Gasteiger partial charge in [-0.25, -0.2) is 4.39 Å². The van der Waals surface area contributed by atoms with Gasteiger partial charge in [0.15, 0.2) is 0 Å². The molecule has 5 heteroatoms. The lowest BCUT2D eigenvalue weighted by molar-refractivity contribution is -0.116. The van der Waals surface area contributed by atoms with Crippen LogP contribution in [0.2, 0.25) is 0 Å². The van der Waals surface area contributed by atoms with E-state index in [1.54, 1.807) is 6.07 Å². The summed E-state index contributed by atoms with van der Waals surface area (Å²) in [5.74, 6) is 1.54. The second-order valence-corrected chi connectivity index (χ2v) is 8.99. The van der Waals surface area contributed by atoms with Gasteiger partial charge >= 0.3 is 0 Å². The molecule has 1 heterocycles. The summed E-state index contributed by atoms with van der Waals surface area (Å²) in [5.41, 5.74) is 3.51. The number of rotatable bonds is 9. The van der Waals surface area contributed by atoms with Gasteiger partial charge in [-0.2, -0.15) is 0 Å². The summed E-state index contributed by atoms with van der Waals surface area (Å²) in [7, 11) is 0. The molecule has 2 N–H and O–H groups in total. The molecule has 4 nitrogen and oxygen atoms in total. The van der Waals surface area contributed by atoms with Crippen LogP contribution in [-0.2, 0) is 11.2 Å². The Morgan fingerprint density at radius 1 is 1.03 bits per heavy atom. The number of ether oxygens (including phenoxy) is 1. The summed E-state index contributed by atoms with van der Waals surface area (Å²) in [6.45, 7) is 3.90. The van der Waals surface area contributed by atoms with Gasteiger partial charge in [0, 0.05) is 6.42 Å². The summed E-state index contributed by atoms with van der Waals surface area (Å²) in [6, 6.07) is 21.1. The quantitative estimate of drug-likeness (QED) is 0.348. The largest absolute Gasteiger partial charge is 0.457 e. The molecule has 178 valence electrons. The fourth-order valence-electron chi connectivity index (χ4n) is 4.60. The van der Waals surface area contributed by atoms with Crippen molar-refractivity contribution in [3.63, 3.8) is 0 Å². The maximum absolute atomic E-state index is 14.6. The van der Waals surface area contributed by atoms with Crippen LogP contribution in [0.5, 0.6) is 11.5 Å². The molecule has 1 aliphatic rings. The topological polar surface area (TPSA) is 50.4 Å². The first-order valence-corrected chi connectivity index (χ1v) is 12.2. The molecule has 0 spiro atoms. The van der Waals surface area contributed by atoms with E-state index >= 15 is 0 Å². The van der Waals surface area contributed by atoms with E-state index in [2.05, 4.69) is 16.7 Å². The number of para-hydroxylation sites is 2. The Morgan fingerprint density at radius 3 is 2.56 bits per heavy atom. The molecule has 0 radical (unpaired) electrons. The van der Waals surface area contributed by atoms with Crippen molar-refractivity contribution in [1.82, 2.24) is 5.32 Å². The van der Waals surface area contributed by atoms with Crippen LogP contribution in [0.3, 0.4) is 0 Å². The standard InChI is InChI=1S/C29H33FN2O2/c1-21-19-26(30)27(20-25(21)22-15-17-31-18-16-22)32-29(33)14-8-6-10-23-9-5-7-13-28(23)34-24-11-3-2-4-12-24/h2-5,7,9,11-13,19-20,22,31H,6,8,10,14-18H2,1H3,(H,32,33). The van der Waals surface area contributed by atoms with Gasteiger partial charge in [-0.15, -0.1) is 0 Å². The van der Waals surface area contributed by atoms with Gasteiger partial charge in [0.05, 0.1) is 5.69 Å². The number of hydrogen-bond acceptors (Lipinski definition) is 3. The zero-order chi connectivity index (χ0) is 23.8. The number of aryl methyl sites for hydroxylation is 2. The first-order chi connectivity index (χ1) is 16.6. The molecule has 3 aromatic rings. The van der Waals surface area contributed by atoms with Gasteiger partial charge in [-0.1, -0.05) is 36.4 Å². The smallest absolute Gasteiger partial charge is 0.224 e. The van der Waals surface area contributed by atoms with Crippen LogP contribution < -0.4 is 15.4 Å². The molecule has 0 aliphatic carbocycles. The third kappa shape index (κ3) is 6.45. The SMILES string of the molecule is Cc1cc(F)c(NC(=O)CCCCc2ccccc2Oc2ccccc2)cc1C1CCNCC1. The van der Waals surface area contributed by atoms with Crippen LogP contribution >= 0.6 is 0 Å². The van der Waals surface area contributed by atoms with E-state index < -0.39 is 0 Å². The summed E-state index contributed by atoms with van der Waals surface area (Å²) < 4.78 is 20.6.